The molecule has 7 heterocycles. The van der Waals surface area contributed by atoms with Gasteiger partial charge in [0, 0.05) is 23.5 Å². The molecule has 74 heavy (non-hydrogen) atoms. The van der Waals surface area contributed by atoms with Gasteiger partial charge in [-0.15, -0.1) is 0 Å². The molecule has 4 atom stereocenters. The number of amidine groups is 1. The van der Waals surface area contributed by atoms with Gasteiger partial charge in [0.15, 0.2) is 12.3 Å². The van der Waals surface area contributed by atoms with Crippen molar-refractivity contribution in [2.45, 2.75) is 64.2 Å². The van der Waals surface area contributed by atoms with Crippen molar-refractivity contribution in [2.24, 2.45) is 0 Å². The maximum Gasteiger partial charge on any atom is 0.361 e. The molecule has 4 unspecified atom stereocenters. The second kappa shape index (κ2) is 16.3. The molecule has 1 N–H and O–H groups in total. The fourth-order valence-electron chi connectivity index (χ4n) is 14.4. The van der Waals surface area contributed by atoms with Crippen LogP contribution in [0.1, 0.15) is 46.2 Å². The second-order valence-corrected chi connectivity index (χ2v) is 22.2. The van der Waals surface area contributed by atoms with Gasteiger partial charge in [-0.2, -0.15) is 9.80 Å². The summed E-state index contributed by atoms with van der Waals surface area (Å²) in [6, 6.07) is 73.9. The molecule has 0 bridgehead atoms. The third-order valence-corrected chi connectivity index (χ3v) is 17.8. The predicted octanol–water partition coefficient (Wildman–Crippen LogP) is 13.1. The smallest absolute Gasteiger partial charge is 0.311 e. The summed E-state index contributed by atoms with van der Waals surface area (Å²) in [6.07, 6.45) is 1.42. The molecule has 7 aliphatic rings. The lowest BCUT2D eigenvalue weighted by atomic mass is 9.89. The maximum absolute atomic E-state index is 4.37. The first-order valence-corrected chi connectivity index (χ1v) is 27.4. The van der Waals surface area contributed by atoms with Gasteiger partial charge in [-0.1, -0.05) is 97.1 Å². The normalized spacial score (nSPS) is 23.0. The first-order chi connectivity index (χ1) is 36.4. The van der Waals surface area contributed by atoms with E-state index in [1.165, 1.54) is 84.0 Å². The van der Waals surface area contributed by atoms with Gasteiger partial charge in [0.1, 0.15) is 11.4 Å². The molecule has 8 aromatic carbocycles. The Labute approximate surface area is 438 Å². The van der Waals surface area contributed by atoms with Crippen molar-refractivity contribution in [1.82, 2.24) is 5.32 Å². The van der Waals surface area contributed by atoms with E-state index in [0.717, 1.165) is 55.6 Å². The molecule has 2 spiro atoms. The summed E-state index contributed by atoms with van der Waals surface area (Å²) in [5.41, 5.74) is 17.7. The van der Waals surface area contributed by atoms with E-state index in [-0.39, 0.29) is 12.3 Å². The molecule has 15 rings (SSSR count). The number of guanidine groups is 1. The number of para-hydroxylation sites is 8. The minimum Gasteiger partial charge on any atom is -0.311 e. The molecule has 364 valence electrons. The summed E-state index contributed by atoms with van der Waals surface area (Å²) >= 11 is 2.04. The van der Waals surface area contributed by atoms with Gasteiger partial charge >= 0.3 is 11.1 Å². The number of anilines is 10. The Morgan fingerprint density at radius 3 is 1.32 bits per heavy atom. The second-order valence-electron chi connectivity index (χ2n) is 21.1. The molecule has 7 aliphatic heterocycles. The maximum atomic E-state index is 4.37. The molecule has 10 heteroatoms. The first kappa shape index (κ1) is 43.6. The summed E-state index contributed by atoms with van der Waals surface area (Å²) in [5, 5.41) is 5.62. The van der Waals surface area contributed by atoms with Crippen LogP contribution in [0.4, 0.5) is 56.9 Å². The van der Waals surface area contributed by atoms with Crippen LogP contribution in [-0.2, 0) is 11.3 Å². The molecule has 0 radical (unpaired) electrons. The third kappa shape index (κ3) is 5.77. The van der Waals surface area contributed by atoms with Crippen LogP contribution in [0, 0.1) is 27.7 Å². The molecule has 0 aromatic heterocycles. The number of rotatable bonds is 4. The number of nitrogens with zero attached hydrogens (tertiary/aromatic N) is 8. The van der Waals surface area contributed by atoms with E-state index in [1.807, 2.05) is 11.8 Å². The number of aryl methyl sites for hydroxylation is 4. The Kier molecular flexibility index (Phi) is 9.59. The standard InChI is InChI=1S/C64H58N9S/c1-43-37-44(2)40-49(39-43)72-61-65-33-19-34-66(61)63(51-25-11-13-27-53(51)70-57-31-17-15-29-55(57)68(59(63)70)47-21-7-5-8-22-47)73(50-41-45(3)38-46(4)42-50)62-67(35-20-36-74-62)64(72)52-26-12-14-28-54(52)71-58-32-18-16-30-56(58)69(60(64)71)48-23-9-6-10-24-48/h5-18,21-32,37-42,59-60H,19-20,33-36H2,1-4H3/q+1/p+1. The van der Waals surface area contributed by atoms with E-state index >= 15 is 0 Å². The Balaban J connectivity index is 1.17. The molecule has 0 saturated carbocycles. The highest BCUT2D eigenvalue weighted by Gasteiger charge is 2.77. The lowest BCUT2D eigenvalue weighted by Gasteiger charge is -2.52. The van der Waals surface area contributed by atoms with Crippen molar-refractivity contribution < 1.29 is 9.15 Å². The van der Waals surface area contributed by atoms with Gasteiger partial charge in [-0.05, 0) is 165 Å². The average Bonchev–Trinajstić information content (AvgIpc) is 4.26. The minimum atomic E-state index is -0.888. The summed E-state index contributed by atoms with van der Waals surface area (Å²) in [7, 11) is 0. The highest BCUT2D eigenvalue weighted by atomic mass is 32.2. The van der Waals surface area contributed by atoms with Crippen LogP contribution in [0.15, 0.2) is 194 Å². The molecule has 0 saturated heterocycles. The van der Waals surface area contributed by atoms with Crippen LogP contribution < -0.4 is 34.7 Å². The zero-order chi connectivity index (χ0) is 49.5. The molecule has 0 aliphatic carbocycles. The summed E-state index contributed by atoms with van der Waals surface area (Å²) < 4.78 is 5.77. The Bertz CT molecular complexity index is 3360. The molecular weight excluding hydrogens is 927 g/mol. The van der Waals surface area contributed by atoms with E-state index in [4.69, 9.17) is 0 Å². The molecule has 9 nitrogen and oxygen atoms in total. The van der Waals surface area contributed by atoms with Gasteiger partial charge in [0.2, 0.25) is 0 Å². The summed E-state index contributed by atoms with van der Waals surface area (Å²) in [4.78, 5) is 16.4. The van der Waals surface area contributed by atoms with E-state index in [9.17, 15) is 0 Å². The van der Waals surface area contributed by atoms with Gasteiger partial charge < -0.3 is 19.6 Å². The monoisotopic (exact) mass is 985 g/mol. The average molecular weight is 986 g/mol. The van der Waals surface area contributed by atoms with E-state index in [1.54, 1.807) is 0 Å². The number of fused-ring (bicyclic) bond motifs is 16. The molecule has 8 aromatic rings. The van der Waals surface area contributed by atoms with Crippen LogP contribution in [0.3, 0.4) is 0 Å². The fourth-order valence-corrected chi connectivity index (χ4v) is 15.6. The number of thioether (sulfide) groups is 1. The highest BCUT2D eigenvalue weighted by molar-refractivity contribution is 8.13. The van der Waals surface area contributed by atoms with Crippen molar-refractivity contribution in [1.29, 1.82) is 0 Å². The summed E-state index contributed by atoms with van der Waals surface area (Å²) in [5.74, 6) is 2.08. The van der Waals surface area contributed by atoms with Gasteiger partial charge in [0.25, 0.3) is 11.3 Å². The topological polar surface area (TPSA) is 37.5 Å². The first-order valence-electron chi connectivity index (χ1n) is 26.5. The summed E-state index contributed by atoms with van der Waals surface area (Å²) in [6.45, 7) is 11.6. The number of hydrogen-bond acceptors (Lipinski definition) is 8. The molecule has 0 fully saturated rings. The zero-order valence-corrected chi connectivity index (χ0v) is 43.2. The van der Waals surface area contributed by atoms with E-state index < -0.39 is 11.3 Å². The quantitative estimate of drug-likeness (QED) is 0.175. The minimum absolute atomic E-state index is 0.272. The molecule has 0 amide bonds. The van der Waals surface area contributed by atoms with Crippen LogP contribution in [0.2, 0.25) is 0 Å². The predicted molar refractivity (Wildman–Crippen MR) is 305 cm³/mol. The van der Waals surface area contributed by atoms with Gasteiger partial charge in [0.05, 0.1) is 64.9 Å². The number of nitrogens with one attached hydrogen (secondary N) is 1. The lowest BCUT2D eigenvalue weighted by Crippen LogP contribution is -2.78. The van der Waals surface area contributed by atoms with Crippen molar-refractivity contribution in [2.75, 3.05) is 54.8 Å². The van der Waals surface area contributed by atoms with Crippen molar-refractivity contribution in [3.63, 3.8) is 0 Å². The van der Waals surface area contributed by atoms with Crippen molar-refractivity contribution in [3.05, 3.63) is 228 Å². The largest absolute Gasteiger partial charge is 0.361 e. The zero-order valence-electron chi connectivity index (χ0n) is 42.4. The fraction of sp³-hybridized carbons (Fsp3) is 0.219. The lowest BCUT2D eigenvalue weighted by molar-refractivity contribution is -0.646. The highest BCUT2D eigenvalue weighted by Crippen LogP contribution is 2.65. The Morgan fingerprint density at radius 2 is 0.824 bits per heavy atom. The van der Waals surface area contributed by atoms with Crippen LogP contribution in [-0.4, -0.2) is 58.0 Å². The molecular formula is C64H59N9S+2. The Morgan fingerprint density at radius 1 is 0.419 bits per heavy atom. The number of benzene rings is 8. The number of hydrogen-bond donors (Lipinski definition) is 1. The van der Waals surface area contributed by atoms with Crippen LogP contribution in [0.25, 0.3) is 0 Å². The van der Waals surface area contributed by atoms with Crippen molar-refractivity contribution in [3.8, 4) is 0 Å². The van der Waals surface area contributed by atoms with Gasteiger partial charge in [-0.3, -0.25) is 5.32 Å². The van der Waals surface area contributed by atoms with Crippen LogP contribution in [0.5, 0.6) is 0 Å². The van der Waals surface area contributed by atoms with Crippen LogP contribution >= 0.6 is 11.8 Å². The third-order valence-electron chi connectivity index (χ3n) is 16.6. The van der Waals surface area contributed by atoms with E-state index in [2.05, 4.69) is 266 Å². The van der Waals surface area contributed by atoms with Gasteiger partial charge in [-0.25, -0.2) is 9.15 Å². The van der Waals surface area contributed by atoms with E-state index in [0.29, 0.717) is 0 Å². The SMILES string of the molecule is Cc1cc(C)cc(N2C3=[N+](CCCS3)C3(c4ccccc4N4c5ccccc5N(c5ccccc5)C43)N(c3cc(C)cc(C)c3)C3=[N+](CCCN3)C23c2ccccc2N2c4ccccc4N(c4ccccc4)C23)c1. The van der Waals surface area contributed by atoms with Crippen molar-refractivity contribution >= 4 is 79.8 Å². The Hall–Kier alpha value is -7.95.